The molecule has 0 bridgehead atoms. The highest BCUT2D eigenvalue weighted by atomic mass is 16.1. The van der Waals surface area contributed by atoms with Crippen LogP contribution in [0.2, 0.25) is 0 Å². The minimum atomic E-state index is 0.00556. The van der Waals surface area contributed by atoms with Crippen molar-refractivity contribution in [2.75, 3.05) is 0 Å². The first-order chi connectivity index (χ1) is 9.78. The molecule has 98 valence electrons. The highest BCUT2D eigenvalue weighted by molar-refractivity contribution is 5.80. The first-order valence-electron chi connectivity index (χ1n) is 6.67. The Morgan fingerprint density at radius 1 is 1.15 bits per heavy atom. The zero-order valence-electron chi connectivity index (χ0n) is 11.0. The van der Waals surface area contributed by atoms with E-state index >= 15 is 0 Å². The average molecular weight is 262 g/mol. The Morgan fingerprint density at radius 2 is 1.95 bits per heavy atom. The third-order valence-electron chi connectivity index (χ3n) is 3.64. The number of hydrogen-bond acceptors (Lipinski definition) is 2. The molecule has 3 heteroatoms. The second-order valence-corrected chi connectivity index (χ2v) is 4.94. The Hall–Kier alpha value is -2.60. The van der Waals surface area contributed by atoms with Gasteiger partial charge in [-0.1, -0.05) is 36.4 Å². The van der Waals surface area contributed by atoms with E-state index in [2.05, 4.69) is 11.4 Å². The predicted molar refractivity (Wildman–Crippen MR) is 76.7 cm³/mol. The maximum atomic E-state index is 11.5. The van der Waals surface area contributed by atoms with Crippen LogP contribution in [0.3, 0.4) is 0 Å². The molecule has 1 saturated heterocycles. The zero-order chi connectivity index (χ0) is 13.9. The third kappa shape index (κ3) is 2.28. The van der Waals surface area contributed by atoms with Crippen molar-refractivity contribution in [2.45, 2.75) is 18.9 Å². The number of hydrogen-bond donors (Lipinski definition) is 1. The molecular weight excluding hydrogens is 248 g/mol. The summed E-state index contributed by atoms with van der Waals surface area (Å²) in [7, 11) is 0. The summed E-state index contributed by atoms with van der Waals surface area (Å²) in [5.41, 5.74) is 3.84. The van der Waals surface area contributed by atoms with Gasteiger partial charge in [-0.2, -0.15) is 5.26 Å². The van der Waals surface area contributed by atoms with E-state index in [1.54, 1.807) is 0 Å². The standard InChI is InChI=1S/C17H14N2O/c18-11-12-6-7-14(13-4-2-1-3-5-13)15(10-12)16-8-9-17(20)19-16/h1-7,10,16H,8-9H2,(H,19,20). The number of nitrogens with one attached hydrogen (secondary N) is 1. The largest absolute Gasteiger partial charge is 0.349 e. The fourth-order valence-electron chi connectivity index (χ4n) is 2.65. The monoisotopic (exact) mass is 262 g/mol. The van der Waals surface area contributed by atoms with Gasteiger partial charge in [0.15, 0.2) is 0 Å². The lowest BCUT2D eigenvalue weighted by Gasteiger charge is -2.16. The summed E-state index contributed by atoms with van der Waals surface area (Å²) in [6.07, 6.45) is 1.34. The van der Waals surface area contributed by atoms with E-state index in [1.165, 1.54) is 0 Å². The summed E-state index contributed by atoms with van der Waals surface area (Å²) in [4.78, 5) is 11.5. The van der Waals surface area contributed by atoms with E-state index in [1.807, 2.05) is 48.5 Å². The van der Waals surface area contributed by atoms with Crippen LogP contribution in [0.5, 0.6) is 0 Å². The molecule has 1 atom stereocenters. The van der Waals surface area contributed by atoms with Crippen LogP contribution in [0.15, 0.2) is 48.5 Å². The number of nitriles is 1. The van der Waals surface area contributed by atoms with Crippen LogP contribution in [0.25, 0.3) is 11.1 Å². The lowest BCUT2D eigenvalue weighted by molar-refractivity contribution is -0.119. The number of nitrogens with zero attached hydrogens (tertiary/aromatic N) is 1. The highest BCUT2D eigenvalue weighted by Gasteiger charge is 2.25. The summed E-state index contributed by atoms with van der Waals surface area (Å²) < 4.78 is 0. The van der Waals surface area contributed by atoms with Crippen molar-refractivity contribution in [1.82, 2.24) is 5.32 Å². The van der Waals surface area contributed by atoms with Crippen LogP contribution in [0.4, 0.5) is 0 Å². The van der Waals surface area contributed by atoms with Gasteiger partial charge in [-0.05, 0) is 35.2 Å². The van der Waals surface area contributed by atoms with Gasteiger partial charge in [-0.25, -0.2) is 0 Å². The van der Waals surface area contributed by atoms with Gasteiger partial charge in [0.05, 0.1) is 17.7 Å². The van der Waals surface area contributed by atoms with Gasteiger partial charge in [0.25, 0.3) is 0 Å². The number of carbonyl (C=O) groups excluding carboxylic acids is 1. The molecule has 1 aliphatic rings. The first-order valence-corrected chi connectivity index (χ1v) is 6.67. The SMILES string of the molecule is N#Cc1ccc(-c2ccccc2)c(C2CCC(=O)N2)c1. The van der Waals surface area contributed by atoms with E-state index in [4.69, 9.17) is 5.26 Å². The number of amides is 1. The van der Waals surface area contributed by atoms with Gasteiger partial charge < -0.3 is 5.32 Å². The molecule has 1 unspecified atom stereocenters. The minimum Gasteiger partial charge on any atom is -0.349 e. The van der Waals surface area contributed by atoms with E-state index in [9.17, 15) is 4.79 Å². The van der Waals surface area contributed by atoms with E-state index in [0.29, 0.717) is 12.0 Å². The van der Waals surface area contributed by atoms with Crippen LogP contribution in [0, 0.1) is 11.3 Å². The molecular formula is C17H14N2O. The van der Waals surface area contributed by atoms with Crippen LogP contribution in [-0.2, 0) is 4.79 Å². The lowest BCUT2D eigenvalue weighted by Crippen LogP contribution is -2.19. The van der Waals surface area contributed by atoms with Gasteiger partial charge in [0.2, 0.25) is 5.91 Å². The summed E-state index contributed by atoms with van der Waals surface area (Å²) in [5.74, 6) is 0.0800. The second-order valence-electron chi connectivity index (χ2n) is 4.94. The molecule has 1 N–H and O–H groups in total. The molecule has 2 aromatic rings. The van der Waals surface area contributed by atoms with E-state index < -0.39 is 0 Å². The van der Waals surface area contributed by atoms with Crippen molar-refractivity contribution in [2.24, 2.45) is 0 Å². The van der Waals surface area contributed by atoms with Crippen LogP contribution in [0.1, 0.15) is 30.0 Å². The van der Waals surface area contributed by atoms with Crippen LogP contribution >= 0.6 is 0 Å². The predicted octanol–water partition coefficient (Wildman–Crippen LogP) is 3.18. The third-order valence-corrected chi connectivity index (χ3v) is 3.64. The summed E-state index contributed by atoms with van der Waals surface area (Å²) in [5, 5.41) is 12.1. The van der Waals surface area contributed by atoms with E-state index in [0.717, 1.165) is 23.1 Å². The summed E-state index contributed by atoms with van der Waals surface area (Å²) in [6, 6.07) is 17.9. The fourth-order valence-corrected chi connectivity index (χ4v) is 2.65. The van der Waals surface area contributed by atoms with Crippen LogP contribution in [-0.4, -0.2) is 5.91 Å². The van der Waals surface area contributed by atoms with Crippen molar-refractivity contribution in [3.8, 4) is 17.2 Å². The molecule has 1 aliphatic heterocycles. The van der Waals surface area contributed by atoms with Crippen LogP contribution < -0.4 is 5.32 Å². The molecule has 0 spiro atoms. The molecule has 1 fully saturated rings. The first kappa shape index (κ1) is 12.4. The lowest BCUT2D eigenvalue weighted by atomic mass is 9.92. The normalized spacial score (nSPS) is 17.6. The van der Waals surface area contributed by atoms with Gasteiger partial charge in [0, 0.05) is 6.42 Å². The Kier molecular flexibility index (Phi) is 3.22. The van der Waals surface area contributed by atoms with Crippen molar-refractivity contribution in [3.05, 3.63) is 59.7 Å². The van der Waals surface area contributed by atoms with Gasteiger partial charge >= 0.3 is 0 Å². The Balaban J connectivity index is 2.10. The molecule has 1 heterocycles. The van der Waals surface area contributed by atoms with Crippen molar-refractivity contribution >= 4 is 5.91 Å². The quantitative estimate of drug-likeness (QED) is 0.903. The topological polar surface area (TPSA) is 52.9 Å². The molecule has 3 nitrogen and oxygen atoms in total. The molecule has 3 rings (SSSR count). The fraction of sp³-hybridized carbons (Fsp3) is 0.176. The van der Waals surface area contributed by atoms with Crippen molar-refractivity contribution in [1.29, 1.82) is 5.26 Å². The number of carbonyl (C=O) groups is 1. The Morgan fingerprint density at radius 3 is 2.60 bits per heavy atom. The highest BCUT2D eigenvalue weighted by Crippen LogP contribution is 2.33. The molecule has 0 aliphatic carbocycles. The number of benzene rings is 2. The van der Waals surface area contributed by atoms with E-state index in [-0.39, 0.29) is 11.9 Å². The molecule has 0 saturated carbocycles. The summed E-state index contributed by atoms with van der Waals surface area (Å²) >= 11 is 0. The average Bonchev–Trinajstić information content (AvgIpc) is 2.94. The molecule has 0 aromatic heterocycles. The van der Waals surface area contributed by atoms with Crippen molar-refractivity contribution < 1.29 is 4.79 Å². The van der Waals surface area contributed by atoms with Gasteiger partial charge in [-0.15, -0.1) is 0 Å². The van der Waals surface area contributed by atoms with Crippen molar-refractivity contribution in [3.63, 3.8) is 0 Å². The Labute approximate surface area is 117 Å². The van der Waals surface area contributed by atoms with Gasteiger partial charge in [0.1, 0.15) is 0 Å². The zero-order valence-corrected chi connectivity index (χ0v) is 11.0. The van der Waals surface area contributed by atoms with Gasteiger partial charge in [-0.3, -0.25) is 4.79 Å². The molecule has 0 radical (unpaired) electrons. The summed E-state index contributed by atoms with van der Waals surface area (Å²) in [6.45, 7) is 0. The maximum Gasteiger partial charge on any atom is 0.220 e. The smallest absolute Gasteiger partial charge is 0.220 e. The minimum absolute atomic E-state index is 0.00556. The Bertz CT molecular complexity index is 686. The molecule has 2 aromatic carbocycles. The maximum absolute atomic E-state index is 11.5. The number of rotatable bonds is 2. The second kappa shape index (κ2) is 5.18. The molecule has 1 amide bonds. The molecule has 20 heavy (non-hydrogen) atoms.